The van der Waals surface area contributed by atoms with E-state index in [9.17, 15) is 0 Å². The van der Waals surface area contributed by atoms with Crippen LogP contribution in [0.15, 0.2) is 12.1 Å². The molecule has 0 aliphatic carbocycles. The van der Waals surface area contributed by atoms with Crippen LogP contribution in [0.3, 0.4) is 0 Å². The van der Waals surface area contributed by atoms with Crippen molar-refractivity contribution in [2.24, 2.45) is 0 Å². The Morgan fingerprint density at radius 1 is 0.909 bits per heavy atom. The van der Waals surface area contributed by atoms with E-state index in [1.54, 1.807) is 0 Å². The summed E-state index contributed by atoms with van der Waals surface area (Å²) in [7, 11) is 2.18. The Bertz CT molecular complexity index is 445. The van der Waals surface area contributed by atoms with Crippen molar-refractivity contribution >= 4 is 0 Å². The van der Waals surface area contributed by atoms with E-state index in [1.165, 1.54) is 16.7 Å². The lowest BCUT2D eigenvalue weighted by molar-refractivity contribution is 0.0655. The summed E-state index contributed by atoms with van der Waals surface area (Å²) in [6, 6.07) is 4.33. The van der Waals surface area contributed by atoms with Gasteiger partial charge in [0.05, 0.1) is 13.2 Å². The summed E-state index contributed by atoms with van der Waals surface area (Å²) < 4.78 is 11.6. The molecule has 0 aromatic heterocycles. The molecule has 2 rings (SSSR count). The molecule has 1 fully saturated rings. The highest BCUT2D eigenvalue weighted by atomic mass is 16.5. The standard InChI is InChI=1S/C18H30N2O2/c1-15-13-16(2)18(17(3)14-15)22-12-11-21-10-9-20-7-5-19(4)6-8-20/h13-14H,5-12H2,1-4H3. The molecule has 1 heterocycles. The Balaban J connectivity index is 1.60. The normalized spacial score (nSPS) is 16.9. The van der Waals surface area contributed by atoms with Crippen molar-refractivity contribution in [3.63, 3.8) is 0 Å². The second-order valence-electron chi connectivity index (χ2n) is 6.33. The molecular formula is C18H30N2O2. The van der Waals surface area contributed by atoms with Gasteiger partial charge in [-0.3, -0.25) is 4.90 Å². The van der Waals surface area contributed by atoms with Crippen LogP contribution < -0.4 is 4.74 Å². The quantitative estimate of drug-likeness (QED) is 0.722. The average Bonchev–Trinajstić information content (AvgIpc) is 2.46. The summed E-state index contributed by atoms with van der Waals surface area (Å²) in [5, 5.41) is 0. The van der Waals surface area contributed by atoms with Crippen LogP contribution in [0.2, 0.25) is 0 Å². The summed E-state index contributed by atoms with van der Waals surface area (Å²) >= 11 is 0. The molecule has 0 bridgehead atoms. The Labute approximate surface area is 135 Å². The number of likely N-dealkylation sites (N-methyl/N-ethyl adjacent to an activating group) is 1. The van der Waals surface area contributed by atoms with Gasteiger partial charge in [0.2, 0.25) is 0 Å². The smallest absolute Gasteiger partial charge is 0.125 e. The topological polar surface area (TPSA) is 24.9 Å². The fourth-order valence-corrected chi connectivity index (χ4v) is 2.96. The molecule has 1 aromatic rings. The molecule has 0 saturated carbocycles. The first kappa shape index (κ1) is 17.3. The molecule has 1 aliphatic heterocycles. The SMILES string of the molecule is Cc1cc(C)c(OCCOCCN2CCN(C)CC2)c(C)c1. The third-order valence-corrected chi connectivity index (χ3v) is 4.23. The minimum atomic E-state index is 0.619. The Kier molecular flexibility index (Phi) is 6.68. The van der Waals surface area contributed by atoms with Gasteiger partial charge < -0.3 is 14.4 Å². The van der Waals surface area contributed by atoms with Crippen LogP contribution >= 0.6 is 0 Å². The molecule has 4 heteroatoms. The van der Waals surface area contributed by atoms with Gasteiger partial charge in [0.25, 0.3) is 0 Å². The Hall–Kier alpha value is -1.10. The molecule has 0 amide bonds. The molecule has 0 N–H and O–H groups in total. The van der Waals surface area contributed by atoms with Crippen molar-refractivity contribution < 1.29 is 9.47 Å². The van der Waals surface area contributed by atoms with E-state index in [1.807, 2.05) is 0 Å². The van der Waals surface area contributed by atoms with Gasteiger partial charge in [-0.15, -0.1) is 0 Å². The second kappa shape index (κ2) is 8.51. The maximum Gasteiger partial charge on any atom is 0.125 e. The van der Waals surface area contributed by atoms with Crippen LogP contribution in [0.25, 0.3) is 0 Å². The lowest BCUT2D eigenvalue weighted by Crippen LogP contribution is -2.45. The molecule has 0 atom stereocenters. The van der Waals surface area contributed by atoms with Gasteiger partial charge in [0, 0.05) is 32.7 Å². The highest BCUT2D eigenvalue weighted by Gasteiger charge is 2.12. The molecule has 4 nitrogen and oxygen atoms in total. The van der Waals surface area contributed by atoms with Crippen molar-refractivity contribution in [1.82, 2.24) is 9.80 Å². The number of hydrogen-bond acceptors (Lipinski definition) is 4. The molecule has 1 aliphatic rings. The van der Waals surface area contributed by atoms with Gasteiger partial charge in [0.15, 0.2) is 0 Å². The largest absolute Gasteiger partial charge is 0.491 e. The summed E-state index contributed by atoms with van der Waals surface area (Å²) in [5.74, 6) is 1.01. The van der Waals surface area contributed by atoms with Crippen molar-refractivity contribution in [2.45, 2.75) is 20.8 Å². The molecule has 0 spiro atoms. The van der Waals surface area contributed by atoms with Crippen molar-refractivity contribution in [1.29, 1.82) is 0 Å². The van der Waals surface area contributed by atoms with Gasteiger partial charge in [0.1, 0.15) is 12.4 Å². The monoisotopic (exact) mass is 306 g/mol. The number of ether oxygens (including phenoxy) is 2. The summed E-state index contributed by atoms with van der Waals surface area (Å²) in [5.41, 5.74) is 3.69. The van der Waals surface area contributed by atoms with E-state index in [-0.39, 0.29) is 0 Å². The maximum atomic E-state index is 5.88. The number of rotatable bonds is 7. The molecular weight excluding hydrogens is 276 g/mol. The zero-order valence-corrected chi connectivity index (χ0v) is 14.5. The Morgan fingerprint density at radius 2 is 1.55 bits per heavy atom. The highest BCUT2D eigenvalue weighted by molar-refractivity contribution is 5.42. The number of hydrogen-bond donors (Lipinski definition) is 0. The van der Waals surface area contributed by atoms with Crippen molar-refractivity contribution in [3.8, 4) is 5.75 Å². The lowest BCUT2D eigenvalue weighted by Gasteiger charge is -2.32. The number of nitrogens with zero attached hydrogens (tertiary/aromatic N) is 2. The lowest BCUT2D eigenvalue weighted by atomic mass is 10.1. The first-order chi connectivity index (χ1) is 10.6. The van der Waals surface area contributed by atoms with E-state index >= 15 is 0 Å². The second-order valence-corrected chi connectivity index (χ2v) is 6.33. The van der Waals surface area contributed by atoms with Crippen LogP contribution in [-0.2, 0) is 4.74 Å². The van der Waals surface area contributed by atoms with Crippen LogP contribution in [0.5, 0.6) is 5.75 Å². The van der Waals surface area contributed by atoms with Crippen molar-refractivity contribution in [2.75, 3.05) is 59.6 Å². The minimum Gasteiger partial charge on any atom is -0.491 e. The molecule has 1 saturated heterocycles. The zero-order valence-electron chi connectivity index (χ0n) is 14.5. The van der Waals surface area contributed by atoms with Crippen molar-refractivity contribution in [3.05, 3.63) is 28.8 Å². The van der Waals surface area contributed by atoms with Gasteiger partial charge in [-0.05, 0) is 38.9 Å². The van der Waals surface area contributed by atoms with Gasteiger partial charge in [-0.2, -0.15) is 0 Å². The third-order valence-electron chi connectivity index (χ3n) is 4.23. The first-order valence-electron chi connectivity index (χ1n) is 8.25. The molecule has 22 heavy (non-hydrogen) atoms. The van der Waals surface area contributed by atoms with Gasteiger partial charge in [-0.1, -0.05) is 17.7 Å². The average molecular weight is 306 g/mol. The van der Waals surface area contributed by atoms with E-state index in [0.29, 0.717) is 13.2 Å². The highest BCUT2D eigenvalue weighted by Crippen LogP contribution is 2.24. The fourth-order valence-electron chi connectivity index (χ4n) is 2.96. The summed E-state index contributed by atoms with van der Waals surface area (Å²) in [6.07, 6.45) is 0. The van der Waals surface area contributed by atoms with E-state index in [2.05, 4.69) is 49.8 Å². The van der Waals surface area contributed by atoms with Crippen LogP contribution in [-0.4, -0.2) is 69.4 Å². The summed E-state index contributed by atoms with van der Waals surface area (Å²) in [6.45, 7) is 14.0. The van der Waals surface area contributed by atoms with Crippen LogP contribution in [0.4, 0.5) is 0 Å². The third kappa shape index (κ3) is 5.27. The number of piperazine rings is 1. The predicted octanol–water partition coefficient (Wildman–Crippen LogP) is 2.25. The predicted molar refractivity (Wildman–Crippen MR) is 90.9 cm³/mol. The fraction of sp³-hybridized carbons (Fsp3) is 0.667. The minimum absolute atomic E-state index is 0.619. The van der Waals surface area contributed by atoms with Gasteiger partial charge in [-0.25, -0.2) is 0 Å². The van der Waals surface area contributed by atoms with E-state index < -0.39 is 0 Å². The summed E-state index contributed by atoms with van der Waals surface area (Å²) in [4.78, 5) is 4.84. The van der Waals surface area contributed by atoms with E-state index in [4.69, 9.17) is 9.47 Å². The first-order valence-corrected chi connectivity index (χ1v) is 8.25. The number of benzene rings is 1. The number of aryl methyl sites for hydroxylation is 3. The van der Waals surface area contributed by atoms with Crippen LogP contribution in [0, 0.1) is 20.8 Å². The zero-order chi connectivity index (χ0) is 15.9. The molecule has 1 aromatic carbocycles. The van der Waals surface area contributed by atoms with E-state index in [0.717, 1.165) is 45.1 Å². The van der Waals surface area contributed by atoms with Gasteiger partial charge >= 0.3 is 0 Å². The maximum absolute atomic E-state index is 5.88. The molecule has 0 radical (unpaired) electrons. The Morgan fingerprint density at radius 3 is 2.18 bits per heavy atom. The molecule has 124 valence electrons. The molecule has 0 unspecified atom stereocenters. The van der Waals surface area contributed by atoms with Crippen LogP contribution in [0.1, 0.15) is 16.7 Å².